The van der Waals surface area contributed by atoms with Gasteiger partial charge in [0.1, 0.15) is 19.3 Å². The molecule has 0 aliphatic rings. The number of phosphoric acid groups is 2. The molecule has 582 valence electrons. The molecule has 0 bridgehead atoms. The van der Waals surface area contributed by atoms with Gasteiger partial charge in [0.25, 0.3) is 0 Å². The highest BCUT2D eigenvalue weighted by Gasteiger charge is 2.30. The summed E-state index contributed by atoms with van der Waals surface area (Å²) >= 11 is 0. The first-order chi connectivity index (χ1) is 49.7. The minimum atomic E-state index is -5.00. The molecular formula is C83H138O17P2. The summed E-state index contributed by atoms with van der Waals surface area (Å²) < 4.78 is 68.4. The Morgan fingerprint density at radius 1 is 0.284 bits per heavy atom. The topological polar surface area (TPSA) is 237 Å². The van der Waals surface area contributed by atoms with Gasteiger partial charge in [-0.25, -0.2) is 9.13 Å². The molecule has 0 saturated heterocycles. The van der Waals surface area contributed by atoms with Gasteiger partial charge in [0.05, 0.1) is 26.4 Å². The summed E-state index contributed by atoms with van der Waals surface area (Å²) in [6.07, 6.45) is 84.1. The molecule has 17 nitrogen and oxygen atoms in total. The molecule has 0 aliphatic heterocycles. The van der Waals surface area contributed by atoms with E-state index >= 15 is 0 Å². The SMILES string of the molecule is CC/C=C\C/C=C\C/C=C\C/C=C\C/C=C\CCCC(=O)OCC(COP(=O)(O)OCC(O)COP(=O)(O)OCC(COC(=O)CCCCCCCC/C=C\C/C=C\C/C=C\CCCCC)OC(=O)CCCCCCC/C=C\C/C=C\CCC)OC(=O)CCCCCCC/C=C\C/C=C\CCC. The predicted octanol–water partition coefficient (Wildman–Crippen LogP) is 22.7. The number of esters is 4. The second-order valence-electron chi connectivity index (χ2n) is 25.6. The minimum Gasteiger partial charge on any atom is -0.462 e. The first-order valence-corrected chi connectivity index (χ1v) is 42.1. The number of unbranched alkanes of at least 4 members (excludes halogenated alkanes) is 22. The van der Waals surface area contributed by atoms with Crippen LogP contribution in [0.15, 0.2) is 146 Å². The van der Waals surface area contributed by atoms with Gasteiger partial charge in [-0.15, -0.1) is 0 Å². The lowest BCUT2D eigenvalue weighted by Crippen LogP contribution is -2.30. The van der Waals surface area contributed by atoms with Crippen molar-refractivity contribution in [2.24, 2.45) is 0 Å². The zero-order valence-electron chi connectivity index (χ0n) is 63.5. The number of aliphatic hydroxyl groups excluding tert-OH is 1. The zero-order chi connectivity index (χ0) is 74.6. The Hall–Kier alpha value is -5.06. The molecule has 102 heavy (non-hydrogen) atoms. The summed E-state index contributed by atoms with van der Waals surface area (Å²) in [7, 11) is -9.99. The average molecular weight is 1470 g/mol. The number of aliphatic hydroxyl groups is 1. The van der Waals surface area contributed by atoms with Crippen molar-refractivity contribution in [1.29, 1.82) is 0 Å². The number of carbonyl (C=O) groups excluding carboxylic acids is 4. The van der Waals surface area contributed by atoms with Gasteiger partial charge >= 0.3 is 39.5 Å². The van der Waals surface area contributed by atoms with E-state index in [-0.39, 0.29) is 25.7 Å². The number of ether oxygens (including phenoxy) is 4. The number of hydrogen-bond acceptors (Lipinski definition) is 15. The third kappa shape index (κ3) is 73.3. The third-order valence-electron chi connectivity index (χ3n) is 15.7. The van der Waals surface area contributed by atoms with Crippen LogP contribution in [0.1, 0.15) is 297 Å². The fourth-order valence-corrected chi connectivity index (χ4v) is 11.4. The molecule has 0 aromatic heterocycles. The van der Waals surface area contributed by atoms with Crippen LogP contribution in [-0.4, -0.2) is 96.7 Å². The highest BCUT2D eigenvalue weighted by molar-refractivity contribution is 7.47. The fourth-order valence-electron chi connectivity index (χ4n) is 9.81. The molecule has 0 aromatic carbocycles. The van der Waals surface area contributed by atoms with Gasteiger partial charge in [0, 0.05) is 25.7 Å². The van der Waals surface area contributed by atoms with Crippen LogP contribution in [0, 0.1) is 0 Å². The van der Waals surface area contributed by atoms with Gasteiger partial charge in [-0.05, 0) is 154 Å². The molecule has 0 amide bonds. The Kier molecular flexibility index (Phi) is 70.5. The molecule has 0 rings (SSSR count). The maximum atomic E-state index is 13.1. The molecule has 19 heteroatoms. The average Bonchev–Trinajstić information content (AvgIpc) is 0.907. The van der Waals surface area contributed by atoms with E-state index in [0.717, 1.165) is 193 Å². The molecule has 5 atom stereocenters. The van der Waals surface area contributed by atoms with Crippen LogP contribution >= 0.6 is 15.6 Å². The quantitative estimate of drug-likeness (QED) is 0.0169. The van der Waals surface area contributed by atoms with Crippen molar-refractivity contribution in [2.45, 2.75) is 316 Å². The lowest BCUT2D eigenvalue weighted by atomic mass is 10.1. The van der Waals surface area contributed by atoms with Crippen LogP contribution < -0.4 is 0 Å². The van der Waals surface area contributed by atoms with Crippen molar-refractivity contribution < 1.29 is 80.2 Å². The molecule has 3 N–H and O–H groups in total. The molecular weight excluding hydrogens is 1330 g/mol. The normalized spacial score (nSPS) is 14.7. The summed E-state index contributed by atoms with van der Waals surface area (Å²) in [6.45, 7) is 4.48. The maximum Gasteiger partial charge on any atom is 0.472 e. The minimum absolute atomic E-state index is 0.0619. The van der Waals surface area contributed by atoms with Crippen LogP contribution in [0.25, 0.3) is 0 Å². The summed E-state index contributed by atoms with van der Waals surface area (Å²) in [5.41, 5.74) is 0. The lowest BCUT2D eigenvalue weighted by Gasteiger charge is -2.21. The van der Waals surface area contributed by atoms with Crippen molar-refractivity contribution in [3.05, 3.63) is 146 Å². The van der Waals surface area contributed by atoms with Crippen LogP contribution in [-0.2, 0) is 65.4 Å². The Labute approximate surface area is 617 Å². The molecule has 0 aromatic rings. The molecule has 5 unspecified atom stereocenters. The van der Waals surface area contributed by atoms with E-state index < -0.39 is 97.5 Å². The molecule has 0 fully saturated rings. The second-order valence-corrected chi connectivity index (χ2v) is 28.5. The van der Waals surface area contributed by atoms with Gasteiger partial charge in [-0.2, -0.15) is 0 Å². The van der Waals surface area contributed by atoms with Crippen molar-refractivity contribution in [1.82, 2.24) is 0 Å². The van der Waals surface area contributed by atoms with E-state index in [1.807, 2.05) is 12.2 Å². The van der Waals surface area contributed by atoms with Crippen LogP contribution in [0.2, 0.25) is 0 Å². The van der Waals surface area contributed by atoms with E-state index in [1.165, 1.54) is 19.3 Å². The first-order valence-electron chi connectivity index (χ1n) is 39.1. The molecule has 0 heterocycles. The lowest BCUT2D eigenvalue weighted by molar-refractivity contribution is -0.161. The van der Waals surface area contributed by atoms with Gasteiger partial charge < -0.3 is 33.8 Å². The number of carbonyl (C=O) groups is 4. The van der Waals surface area contributed by atoms with E-state index in [2.05, 4.69) is 161 Å². The van der Waals surface area contributed by atoms with Gasteiger partial charge in [0.2, 0.25) is 0 Å². The van der Waals surface area contributed by atoms with Crippen molar-refractivity contribution in [3.63, 3.8) is 0 Å². The Bertz CT molecular complexity index is 2510. The summed E-state index contributed by atoms with van der Waals surface area (Å²) in [4.78, 5) is 72.9. The Morgan fingerprint density at radius 2 is 0.539 bits per heavy atom. The third-order valence-corrected chi connectivity index (χ3v) is 17.6. The number of rotatable bonds is 72. The van der Waals surface area contributed by atoms with Gasteiger partial charge in [-0.1, -0.05) is 263 Å². The van der Waals surface area contributed by atoms with Crippen LogP contribution in [0.4, 0.5) is 0 Å². The molecule has 0 radical (unpaired) electrons. The number of hydrogen-bond donors (Lipinski definition) is 3. The Morgan fingerprint density at radius 3 is 0.863 bits per heavy atom. The van der Waals surface area contributed by atoms with Crippen molar-refractivity contribution in [3.8, 4) is 0 Å². The van der Waals surface area contributed by atoms with Crippen molar-refractivity contribution in [2.75, 3.05) is 39.6 Å². The standard InChI is InChI=1S/C83H138O17P2/c1-5-9-13-17-21-25-29-33-35-37-38-40-42-46-48-52-56-60-64-68-81(86)94-74-79(100-83(88)70-66-62-58-54-50-44-32-28-24-20-16-12-8-4)76-98-102(91,92)96-72-77(84)71-95-101(89,90)97-75-78(99-82(87)69-65-61-57-53-49-43-31-27-23-19-15-11-7-3)73-93-80(85)67-63-59-55-51-47-45-41-39-36-34-30-26-22-18-14-10-6-2/h10,14-16,19-22,25-28,31-36,38,40-41,45,51,55,77-79,84H,5-9,11-13,17-18,23-24,29-30,37,39,42-44,46-50,52-54,56-76H2,1-4H3,(H,89,90)(H,91,92)/b14-10-,19-15-,20-16-,25-21-,26-22-,31-27-,32-28-,35-33-,36-34-,40-38-,45-41-,55-51-. The van der Waals surface area contributed by atoms with Gasteiger partial charge in [0.15, 0.2) is 12.2 Å². The molecule has 0 spiro atoms. The smallest absolute Gasteiger partial charge is 0.462 e. The van der Waals surface area contributed by atoms with Crippen molar-refractivity contribution >= 4 is 39.5 Å². The van der Waals surface area contributed by atoms with Gasteiger partial charge in [-0.3, -0.25) is 37.3 Å². The monoisotopic (exact) mass is 1470 g/mol. The first kappa shape index (κ1) is 96.9. The Balaban J connectivity index is 5.41. The molecule has 0 aliphatic carbocycles. The zero-order valence-corrected chi connectivity index (χ0v) is 65.3. The highest BCUT2D eigenvalue weighted by atomic mass is 31.2. The number of allylic oxidation sites excluding steroid dienone is 24. The summed E-state index contributed by atoms with van der Waals surface area (Å²) in [5, 5.41) is 10.6. The van der Waals surface area contributed by atoms with E-state index in [1.54, 1.807) is 0 Å². The fraction of sp³-hybridized carbons (Fsp3) is 0.663. The molecule has 0 saturated carbocycles. The maximum absolute atomic E-state index is 13.1. The van der Waals surface area contributed by atoms with E-state index in [4.69, 9.17) is 37.0 Å². The highest BCUT2D eigenvalue weighted by Crippen LogP contribution is 2.45. The summed E-state index contributed by atoms with van der Waals surface area (Å²) in [6, 6.07) is 0. The van der Waals surface area contributed by atoms with Crippen LogP contribution in [0.3, 0.4) is 0 Å². The van der Waals surface area contributed by atoms with E-state index in [9.17, 15) is 43.2 Å². The van der Waals surface area contributed by atoms with E-state index in [0.29, 0.717) is 32.1 Å². The second kappa shape index (κ2) is 74.2. The number of phosphoric ester groups is 2. The summed E-state index contributed by atoms with van der Waals surface area (Å²) in [5.74, 6) is -2.29. The largest absolute Gasteiger partial charge is 0.472 e. The predicted molar refractivity (Wildman–Crippen MR) is 417 cm³/mol. The van der Waals surface area contributed by atoms with Crippen LogP contribution in [0.5, 0.6) is 0 Å².